The average molecular weight is 308 g/mol. The van der Waals surface area contributed by atoms with Crippen LogP contribution in [-0.2, 0) is 19.1 Å². The van der Waals surface area contributed by atoms with Gasteiger partial charge in [0, 0.05) is 0 Å². The van der Waals surface area contributed by atoms with Crippen molar-refractivity contribution in [2.45, 2.75) is 46.1 Å². The molecule has 22 heavy (non-hydrogen) atoms. The fourth-order valence-electron chi connectivity index (χ4n) is 2.04. The van der Waals surface area contributed by atoms with Crippen molar-refractivity contribution in [1.82, 2.24) is 0 Å². The van der Waals surface area contributed by atoms with Crippen LogP contribution in [0.1, 0.15) is 45.6 Å². The molecule has 0 fully saturated rings. The molecular formula is C17H24O5. The van der Waals surface area contributed by atoms with E-state index >= 15 is 0 Å². The summed E-state index contributed by atoms with van der Waals surface area (Å²) in [5, 5.41) is 0. The molecule has 0 spiro atoms. The summed E-state index contributed by atoms with van der Waals surface area (Å²) in [6.07, 6.45) is -0.0148. The van der Waals surface area contributed by atoms with Gasteiger partial charge in [-0.05, 0) is 45.4 Å². The maximum Gasteiger partial charge on any atom is 0.314 e. The molecule has 0 amide bonds. The van der Waals surface area contributed by atoms with E-state index in [-0.39, 0.29) is 25.7 Å². The van der Waals surface area contributed by atoms with Crippen LogP contribution in [0.2, 0.25) is 0 Å². The van der Waals surface area contributed by atoms with Gasteiger partial charge in [0.25, 0.3) is 0 Å². The van der Waals surface area contributed by atoms with Gasteiger partial charge in [0.05, 0.1) is 31.7 Å². The van der Waals surface area contributed by atoms with Gasteiger partial charge in [0.2, 0.25) is 0 Å². The molecule has 122 valence electrons. The fraction of sp³-hybridized carbons (Fsp3) is 0.529. The molecule has 1 unspecified atom stereocenters. The molecule has 5 heteroatoms. The molecule has 0 radical (unpaired) electrons. The Hall–Kier alpha value is -2.04. The minimum Gasteiger partial charge on any atom is -0.491 e. The minimum absolute atomic E-state index is 0.0290. The first-order valence-electron chi connectivity index (χ1n) is 7.56. The lowest BCUT2D eigenvalue weighted by Crippen LogP contribution is -2.20. The van der Waals surface area contributed by atoms with Crippen molar-refractivity contribution in [3.8, 4) is 5.75 Å². The molecule has 0 aromatic heterocycles. The molecule has 0 bridgehead atoms. The molecular weight excluding hydrogens is 284 g/mol. The summed E-state index contributed by atoms with van der Waals surface area (Å²) in [5.41, 5.74) is 0.685. The number of carbonyl (C=O) groups is 2. The summed E-state index contributed by atoms with van der Waals surface area (Å²) in [6.45, 7) is 7.86. The van der Waals surface area contributed by atoms with E-state index in [4.69, 9.17) is 14.2 Å². The second-order valence-corrected chi connectivity index (χ2v) is 5.05. The Bertz CT molecular complexity index is 496. The number of carbonyl (C=O) groups excluding carboxylic acids is 2. The number of hydrogen-bond acceptors (Lipinski definition) is 5. The third-order valence-corrected chi connectivity index (χ3v) is 2.88. The van der Waals surface area contributed by atoms with Crippen LogP contribution in [0.3, 0.4) is 0 Å². The lowest BCUT2D eigenvalue weighted by Gasteiger charge is -2.17. The molecule has 0 aliphatic heterocycles. The van der Waals surface area contributed by atoms with Crippen LogP contribution in [0.15, 0.2) is 24.3 Å². The van der Waals surface area contributed by atoms with E-state index in [0.717, 1.165) is 0 Å². The first kappa shape index (κ1) is 18.0. The Morgan fingerprint density at radius 2 is 1.77 bits per heavy atom. The number of rotatable bonds is 8. The number of ether oxygens (including phenoxy) is 3. The highest BCUT2D eigenvalue weighted by atomic mass is 16.5. The number of hydrogen-bond donors (Lipinski definition) is 0. The minimum atomic E-state index is -0.685. The standard InChI is InChI=1S/C17H24O5/c1-5-20-16(18)11-15(17(19)21-6-2)13-8-7-9-14(10-13)22-12(3)4/h7-10,12,15H,5-6,11H2,1-4H3. The zero-order valence-electron chi connectivity index (χ0n) is 13.6. The predicted molar refractivity (Wildman–Crippen MR) is 82.8 cm³/mol. The van der Waals surface area contributed by atoms with Crippen molar-refractivity contribution in [3.05, 3.63) is 29.8 Å². The molecule has 5 nitrogen and oxygen atoms in total. The van der Waals surface area contributed by atoms with Crippen molar-refractivity contribution in [3.63, 3.8) is 0 Å². The summed E-state index contributed by atoms with van der Waals surface area (Å²) in [5.74, 6) is -0.881. The fourth-order valence-corrected chi connectivity index (χ4v) is 2.04. The van der Waals surface area contributed by atoms with E-state index in [1.54, 1.807) is 32.0 Å². The zero-order chi connectivity index (χ0) is 16.5. The van der Waals surface area contributed by atoms with E-state index in [9.17, 15) is 9.59 Å². The molecule has 1 rings (SSSR count). The summed E-state index contributed by atoms with van der Waals surface area (Å²) in [7, 11) is 0. The lowest BCUT2D eigenvalue weighted by atomic mass is 9.95. The smallest absolute Gasteiger partial charge is 0.314 e. The van der Waals surface area contributed by atoms with Crippen LogP contribution in [0.4, 0.5) is 0 Å². The van der Waals surface area contributed by atoms with Crippen LogP contribution in [0, 0.1) is 0 Å². The Kier molecular flexibility index (Phi) is 7.43. The van der Waals surface area contributed by atoms with Crippen molar-refractivity contribution in [2.75, 3.05) is 13.2 Å². The SMILES string of the molecule is CCOC(=O)CC(C(=O)OCC)c1cccc(OC(C)C)c1. The van der Waals surface area contributed by atoms with E-state index in [0.29, 0.717) is 11.3 Å². The summed E-state index contributed by atoms with van der Waals surface area (Å²) >= 11 is 0. The van der Waals surface area contributed by atoms with Gasteiger partial charge in [-0.1, -0.05) is 12.1 Å². The van der Waals surface area contributed by atoms with Gasteiger partial charge < -0.3 is 14.2 Å². The number of esters is 2. The van der Waals surface area contributed by atoms with Crippen LogP contribution in [-0.4, -0.2) is 31.3 Å². The summed E-state index contributed by atoms with van der Waals surface area (Å²) in [4.78, 5) is 23.9. The van der Waals surface area contributed by atoms with Crippen molar-refractivity contribution in [1.29, 1.82) is 0 Å². The van der Waals surface area contributed by atoms with Crippen LogP contribution >= 0.6 is 0 Å². The Labute approximate surface area is 131 Å². The van der Waals surface area contributed by atoms with Gasteiger partial charge >= 0.3 is 11.9 Å². The molecule has 1 aromatic carbocycles. The normalized spacial score (nSPS) is 11.9. The second kappa shape index (κ2) is 9.07. The maximum absolute atomic E-state index is 12.1. The van der Waals surface area contributed by atoms with E-state index in [2.05, 4.69) is 0 Å². The topological polar surface area (TPSA) is 61.8 Å². The van der Waals surface area contributed by atoms with Gasteiger partial charge in [-0.25, -0.2) is 0 Å². The number of benzene rings is 1. The second-order valence-electron chi connectivity index (χ2n) is 5.05. The van der Waals surface area contributed by atoms with Gasteiger partial charge in [0.15, 0.2) is 0 Å². The molecule has 0 saturated carbocycles. The first-order chi connectivity index (χ1) is 10.5. The Morgan fingerprint density at radius 1 is 1.09 bits per heavy atom. The third-order valence-electron chi connectivity index (χ3n) is 2.88. The molecule has 0 aliphatic carbocycles. The average Bonchev–Trinajstić information content (AvgIpc) is 2.45. The van der Waals surface area contributed by atoms with Crippen LogP contribution < -0.4 is 4.74 Å². The molecule has 0 N–H and O–H groups in total. The molecule has 0 heterocycles. The maximum atomic E-state index is 12.1. The summed E-state index contributed by atoms with van der Waals surface area (Å²) < 4.78 is 15.6. The van der Waals surface area contributed by atoms with Gasteiger partial charge in [-0.15, -0.1) is 0 Å². The molecule has 1 atom stereocenters. The largest absolute Gasteiger partial charge is 0.491 e. The van der Waals surface area contributed by atoms with E-state index < -0.39 is 17.9 Å². The van der Waals surface area contributed by atoms with Gasteiger partial charge in [-0.2, -0.15) is 0 Å². The monoisotopic (exact) mass is 308 g/mol. The Morgan fingerprint density at radius 3 is 2.36 bits per heavy atom. The lowest BCUT2D eigenvalue weighted by molar-refractivity contribution is -0.151. The quantitative estimate of drug-likeness (QED) is 0.691. The van der Waals surface area contributed by atoms with Crippen LogP contribution in [0.5, 0.6) is 5.75 Å². The van der Waals surface area contributed by atoms with Crippen molar-refractivity contribution < 1.29 is 23.8 Å². The highest BCUT2D eigenvalue weighted by Crippen LogP contribution is 2.26. The molecule has 0 saturated heterocycles. The third kappa shape index (κ3) is 5.76. The van der Waals surface area contributed by atoms with Gasteiger partial charge in [0.1, 0.15) is 5.75 Å². The molecule has 1 aromatic rings. The Balaban J connectivity index is 2.99. The highest BCUT2D eigenvalue weighted by Gasteiger charge is 2.26. The molecule has 0 aliphatic rings. The zero-order valence-corrected chi connectivity index (χ0v) is 13.6. The van der Waals surface area contributed by atoms with Crippen molar-refractivity contribution in [2.24, 2.45) is 0 Å². The highest BCUT2D eigenvalue weighted by molar-refractivity contribution is 5.84. The van der Waals surface area contributed by atoms with Crippen LogP contribution in [0.25, 0.3) is 0 Å². The predicted octanol–water partition coefficient (Wildman–Crippen LogP) is 3.07. The van der Waals surface area contributed by atoms with Gasteiger partial charge in [-0.3, -0.25) is 9.59 Å². The first-order valence-corrected chi connectivity index (χ1v) is 7.56. The van der Waals surface area contributed by atoms with Crippen molar-refractivity contribution >= 4 is 11.9 Å². The van der Waals surface area contributed by atoms with E-state index in [1.807, 2.05) is 19.9 Å². The van der Waals surface area contributed by atoms with E-state index in [1.165, 1.54) is 0 Å². The summed E-state index contributed by atoms with van der Waals surface area (Å²) in [6, 6.07) is 7.16.